The monoisotopic (exact) mass is 467 g/mol. The lowest BCUT2D eigenvalue weighted by Crippen LogP contribution is -2.17. The Morgan fingerprint density at radius 2 is 1.83 bits per heavy atom. The summed E-state index contributed by atoms with van der Waals surface area (Å²) in [4.78, 5) is 24.4. The molecule has 2 N–H and O–H groups in total. The van der Waals surface area contributed by atoms with Crippen molar-refractivity contribution in [3.05, 3.63) is 64.2 Å². The maximum atomic E-state index is 13.2. The molecule has 7 nitrogen and oxygen atoms in total. The van der Waals surface area contributed by atoms with Gasteiger partial charge in [0.2, 0.25) is 11.8 Å². The topological polar surface area (TPSA) is 88.9 Å². The van der Waals surface area contributed by atoms with E-state index in [1.807, 2.05) is 0 Å². The third kappa shape index (κ3) is 5.71. The van der Waals surface area contributed by atoms with Gasteiger partial charge in [0, 0.05) is 12.7 Å². The summed E-state index contributed by atoms with van der Waals surface area (Å²) in [6.45, 7) is 0. The van der Waals surface area contributed by atoms with Crippen molar-refractivity contribution in [1.82, 2.24) is 14.8 Å². The summed E-state index contributed by atoms with van der Waals surface area (Å²) in [6, 6.07) is 10.8. The van der Waals surface area contributed by atoms with Gasteiger partial charge in [-0.25, -0.2) is 4.39 Å². The fourth-order valence-corrected chi connectivity index (χ4v) is 3.52. The number of aromatic nitrogens is 3. The molecule has 0 aliphatic rings. The van der Waals surface area contributed by atoms with Gasteiger partial charge in [0.05, 0.1) is 27.9 Å². The van der Waals surface area contributed by atoms with Crippen molar-refractivity contribution in [3.8, 4) is 0 Å². The van der Waals surface area contributed by atoms with Gasteiger partial charge in [-0.05, 0) is 30.3 Å². The van der Waals surface area contributed by atoms with Gasteiger partial charge >= 0.3 is 0 Å². The van der Waals surface area contributed by atoms with E-state index >= 15 is 0 Å². The Labute approximate surface area is 186 Å². The summed E-state index contributed by atoms with van der Waals surface area (Å²) in [6.07, 6.45) is -0.00441. The quantitative estimate of drug-likeness (QED) is 0.508. The smallest absolute Gasteiger partial charge is 0.234 e. The molecule has 0 radical (unpaired) electrons. The molecule has 0 fully saturated rings. The number of benzene rings is 2. The standard InChI is InChI=1S/C19H16Cl2FN5O2S/c1-27-16(9-17(28)24-15-5-3-2-4-12(15)20)25-26-19(27)30-10-18(29)23-11-6-7-14(22)13(21)8-11/h2-8H,9-10H2,1H3,(H,23,29)(H,24,28). The van der Waals surface area contributed by atoms with E-state index in [1.54, 1.807) is 35.9 Å². The number of rotatable bonds is 7. The zero-order valence-corrected chi connectivity index (χ0v) is 18.0. The van der Waals surface area contributed by atoms with Crippen molar-refractivity contribution in [2.24, 2.45) is 7.05 Å². The molecule has 0 saturated heterocycles. The number of nitrogens with one attached hydrogen (secondary N) is 2. The lowest BCUT2D eigenvalue weighted by atomic mass is 10.3. The Balaban J connectivity index is 1.54. The van der Waals surface area contributed by atoms with Crippen LogP contribution >= 0.6 is 35.0 Å². The van der Waals surface area contributed by atoms with E-state index in [4.69, 9.17) is 23.2 Å². The average Bonchev–Trinajstić information content (AvgIpc) is 3.04. The van der Waals surface area contributed by atoms with Gasteiger partial charge in [-0.3, -0.25) is 9.59 Å². The number of carbonyl (C=O) groups is 2. The fourth-order valence-electron chi connectivity index (χ4n) is 2.43. The predicted molar refractivity (Wildman–Crippen MR) is 116 cm³/mol. The van der Waals surface area contributed by atoms with Crippen molar-refractivity contribution < 1.29 is 14.0 Å². The van der Waals surface area contributed by atoms with Crippen molar-refractivity contribution in [1.29, 1.82) is 0 Å². The van der Waals surface area contributed by atoms with E-state index in [9.17, 15) is 14.0 Å². The number of thioether (sulfide) groups is 1. The van der Waals surface area contributed by atoms with Crippen LogP contribution in [0.1, 0.15) is 5.82 Å². The van der Waals surface area contributed by atoms with Crippen molar-refractivity contribution in [3.63, 3.8) is 0 Å². The number of halogens is 3. The predicted octanol–water partition coefficient (Wildman–Crippen LogP) is 4.17. The Morgan fingerprint density at radius 1 is 1.07 bits per heavy atom. The average molecular weight is 468 g/mol. The number of amides is 2. The van der Waals surface area contributed by atoms with E-state index in [-0.39, 0.29) is 29.0 Å². The Bertz CT molecular complexity index is 1090. The second kappa shape index (κ2) is 9.92. The van der Waals surface area contributed by atoms with Crippen LogP contribution in [0.3, 0.4) is 0 Å². The van der Waals surface area contributed by atoms with E-state index in [0.717, 1.165) is 11.8 Å². The largest absolute Gasteiger partial charge is 0.325 e. The van der Waals surface area contributed by atoms with E-state index in [2.05, 4.69) is 20.8 Å². The van der Waals surface area contributed by atoms with Crippen LogP contribution in [0.15, 0.2) is 47.6 Å². The minimum absolute atomic E-state index is 0.00441. The molecule has 2 aromatic carbocycles. The molecule has 2 amide bonds. The highest BCUT2D eigenvalue weighted by Crippen LogP contribution is 2.22. The van der Waals surface area contributed by atoms with Crippen molar-refractivity contribution in [2.75, 3.05) is 16.4 Å². The second-order valence-corrected chi connectivity index (χ2v) is 7.89. The molecule has 1 heterocycles. The Morgan fingerprint density at radius 3 is 2.57 bits per heavy atom. The number of para-hydroxylation sites is 1. The highest BCUT2D eigenvalue weighted by atomic mass is 35.5. The van der Waals surface area contributed by atoms with Gasteiger partial charge < -0.3 is 15.2 Å². The molecular formula is C19H16Cl2FN5O2S. The summed E-state index contributed by atoms with van der Waals surface area (Å²) in [5.41, 5.74) is 0.903. The van der Waals surface area contributed by atoms with Crippen LogP contribution in [0.5, 0.6) is 0 Å². The lowest BCUT2D eigenvalue weighted by Gasteiger charge is -2.07. The van der Waals surface area contributed by atoms with Crippen molar-refractivity contribution >= 4 is 58.2 Å². The number of anilines is 2. The Hall–Kier alpha value is -2.62. The van der Waals surface area contributed by atoms with Gasteiger partial charge in [-0.15, -0.1) is 10.2 Å². The van der Waals surface area contributed by atoms with Crippen LogP contribution < -0.4 is 10.6 Å². The molecule has 0 spiro atoms. The molecule has 0 bridgehead atoms. The molecular weight excluding hydrogens is 452 g/mol. The fraction of sp³-hybridized carbons (Fsp3) is 0.158. The lowest BCUT2D eigenvalue weighted by molar-refractivity contribution is -0.116. The molecule has 0 aliphatic carbocycles. The molecule has 0 aliphatic heterocycles. The van der Waals surface area contributed by atoms with Crippen LogP contribution in [-0.4, -0.2) is 32.3 Å². The maximum Gasteiger partial charge on any atom is 0.234 e. The minimum atomic E-state index is -0.561. The number of carbonyl (C=O) groups excluding carboxylic acids is 2. The molecule has 11 heteroatoms. The highest BCUT2D eigenvalue weighted by Gasteiger charge is 2.15. The van der Waals surface area contributed by atoms with Crippen LogP contribution in [0.2, 0.25) is 10.0 Å². The number of hydrogen-bond donors (Lipinski definition) is 2. The first-order valence-corrected chi connectivity index (χ1v) is 10.4. The minimum Gasteiger partial charge on any atom is -0.325 e. The van der Waals surface area contributed by atoms with Gasteiger partial charge in [0.15, 0.2) is 5.16 Å². The molecule has 3 rings (SSSR count). The highest BCUT2D eigenvalue weighted by molar-refractivity contribution is 7.99. The summed E-state index contributed by atoms with van der Waals surface area (Å²) in [5.74, 6) is -0.681. The number of hydrogen-bond acceptors (Lipinski definition) is 5. The first kappa shape index (κ1) is 22.1. The van der Waals surface area contributed by atoms with Gasteiger partial charge in [0.25, 0.3) is 0 Å². The Kier molecular flexibility index (Phi) is 7.30. The van der Waals surface area contributed by atoms with Crippen LogP contribution in [-0.2, 0) is 23.1 Å². The van der Waals surface area contributed by atoms with Gasteiger partial charge in [-0.2, -0.15) is 0 Å². The molecule has 0 saturated carbocycles. The molecule has 1 aromatic heterocycles. The zero-order chi connectivity index (χ0) is 21.7. The van der Waals surface area contributed by atoms with Gasteiger partial charge in [-0.1, -0.05) is 47.1 Å². The summed E-state index contributed by atoms with van der Waals surface area (Å²) < 4.78 is 14.8. The molecule has 30 heavy (non-hydrogen) atoms. The summed E-state index contributed by atoms with van der Waals surface area (Å²) >= 11 is 12.9. The maximum absolute atomic E-state index is 13.2. The van der Waals surface area contributed by atoms with E-state index < -0.39 is 5.82 Å². The van der Waals surface area contributed by atoms with E-state index in [1.165, 1.54) is 18.2 Å². The normalized spacial score (nSPS) is 10.7. The molecule has 0 atom stereocenters. The van der Waals surface area contributed by atoms with Crippen LogP contribution in [0.25, 0.3) is 0 Å². The second-order valence-electron chi connectivity index (χ2n) is 6.13. The molecule has 0 unspecified atom stereocenters. The molecule has 3 aromatic rings. The first-order chi connectivity index (χ1) is 14.3. The summed E-state index contributed by atoms with van der Waals surface area (Å²) in [5, 5.41) is 14.2. The SMILES string of the molecule is Cn1c(CC(=O)Nc2ccccc2Cl)nnc1SCC(=O)Nc1ccc(F)c(Cl)c1. The first-order valence-electron chi connectivity index (χ1n) is 8.64. The van der Waals surface area contributed by atoms with Gasteiger partial charge in [0.1, 0.15) is 11.6 Å². The third-order valence-corrected chi connectivity index (χ3v) is 5.57. The molecule has 156 valence electrons. The van der Waals surface area contributed by atoms with Crippen LogP contribution in [0, 0.1) is 5.82 Å². The van der Waals surface area contributed by atoms with Crippen molar-refractivity contribution in [2.45, 2.75) is 11.6 Å². The third-order valence-electron chi connectivity index (χ3n) is 3.93. The van der Waals surface area contributed by atoms with Crippen LogP contribution in [0.4, 0.5) is 15.8 Å². The van der Waals surface area contributed by atoms with E-state index in [0.29, 0.717) is 27.4 Å². The zero-order valence-electron chi connectivity index (χ0n) is 15.7. The number of nitrogens with zero attached hydrogens (tertiary/aromatic N) is 3. The summed E-state index contributed by atoms with van der Waals surface area (Å²) in [7, 11) is 1.71.